The highest BCUT2D eigenvalue weighted by Crippen LogP contribution is 2.25. The monoisotopic (exact) mass is 517 g/mol. The lowest BCUT2D eigenvalue weighted by Crippen LogP contribution is -2.37. The molecule has 0 amide bonds. The first-order chi connectivity index (χ1) is 12.6. The van der Waals surface area contributed by atoms with Crippen molar-refractivity contribution in [2.24, 2.45) is 12.0 Å². The number of halogens is 3. The van der Waals surface area contributed by atoms with Crippen LogP contribution in [-0.2, 0) is 20.1 Å². The van der Waals surface area contributed by atoms with E-state index in [-0.39, 0.29) is 24.0 Å². The molecule has 8 heteroatoms. The summed E-state index contributed by atoms with van der Waals surface area (Å²) in [6.07, 6.45) is 1.82. The van der Waals surface area contributed by atoms with Crippen LogP contribution in [0.25, 0.3) is 10.9 Å². The minimum atomic E-state index is 0. The minimum absolute atomic E-state index is 0. The van der Waals surface area contributed by atoms with Gasteiger partial charge in [0.05, 0.1) is 23.6 Å². The number of pyridine rings is 1. The van der Waals surface area contributed by atoms with Crippen molar-refractivity contribution in [2.75, 3.05) is 6.54 Å². The number of nitrogens with one attached hydrogen (secondary N) is 2. The zero-order valence-electron chi connectivity index (χ0n) is 15.2. The number of hydrogen-bond donors (Lipinski definition) is 2. The van der Waals surface area contributed by atoms with Gasteiger partial charge in [0.15, 0.2) is 5.96 Å². The van der Waals surface area contributed by atoms with Crippen LogP contribution in [0.4, 0.5) is 0 Å². The molecular formula is C19H22Cl2IN5. The highest BCUT2D eigenvalue weighted by atomic mass is 127. The predicted molar refractivity (Wildman–Crippen MR) is 124 cm³/mol. The van der Waals surface area contributed by atoms with E-state index in [1.54, 1.807) is 0 Å². The van der Waals surface area contributed by atoms with E-state index in [0.717, 1.165) is 34.7 Å². The van der Waals surface area contributed by atoms with E-state index in [1.807, 2.05) is 55.1 Å². The summed E-state index contributed by atoms with van der Waals surface area (Å²) >= 11 is 12.2. The fourth-order valence-electron chi connectivity index (χ4n) is 2.73. The lowest BCUT2D eigenvalue weighted by Gasteiger charge is -2.12. The fourth-order valence-corrected chi connectivity index (χ4v) is 3.15. The zero-order valence-corrected chi connectivity index (χ0v) is 19.0. The minimum Gasteiger partial charge on any atom is -0.357 e. The summed E-state index contributed by atoms with van der Waals surface area (Å²) in [5.41, 5.74) is 3.10. The molecule has 0 saturated heterocycles. The number of benzene rings is 1. The van der Waals surface area contributed by atoms with Gasteiger partial charge in [-0.2, -0.15) is 0 Å². The standard InChI is InChI=1S/C19H21Cl2N5.HI/c1-3-22-19(25-12-14-10-16(20)18(21)26(14)2)24-11-13-8-9-23-17-7-5-4-6-15(13)17;/h4-10H,3,11-12H2,1-2H3,(H2,22,24,25);1H. The Bertz CT molecular complexity index is 934. The van der Waals surface area contributed by atoms with Gasteiger partial charge in [-0.25, -0.2) is 4.99 Å². The van der Waals surface area contributed by atoms with Crippen molar-refractivity contribution in [2.45, 2.75) is 20.0 Å². The van der Waals surface area contributed by atoms with Gasteiger partial charge in [0.1, 0.15) is 5.15 Å². The Kier molecular flexibility index (Phi) is 8.19. The van der Waals surface area contributed by atoms with Gasteiger partial charge in [-0.15, -0.1) is 24.0 Å². The molecule has 0 spiro atoms. The average molecular weight is 518 g/mol. The van der Waals surface area contributed by atoms with Gasteiger partial charge < -0.3 is 15.2 Å². The van der Waals surface area contributed by atoms with Crippen LogP contribution in [0.1, 0.15) is 18.2 Å². The van der Waals surface area contributed by atoms with Crippen LogP contribution in [0, 0.1) is 0 Å². The van der Waals surface area contributed by atoms with Crippen LogP contribution in [0.3, 0.4) is 0 Å². The van der Waals surface area contributed by atoms with Crippen LogP contribution in [0.5, 0.6) is 0 Å². The highest BCUT2D eigenvalue weighted by Gasteiger charge is 2.09. The molecule has 0 bridgehead atoms. The van der Waals surface area contributed by atoms with Gasteiger partial charge in [-0.3, -0.25) is 4.98 Å². The molecule has 0 aliphatic carbocycles. The van der Waals surface area contributed by atoms with E-state index in [1.165, 1.54) is 0 Å². The van der Waals surface area contributed by atoms with Gasteiger partial charge in [0.25, 0.3) is 0 Å². The molecule has 0 aliphatic rings. The largest absolute Gasteiger partial charge is 0.357 e. The lowest BCUT2D eigenvalue weighted by molar-refractivity contribution is 0.752. The molecule has 2 aromatic heterocycles. The third-order valence-corrected chi connectivity index (χ3v) is 4.99. The Morgan fingerprint density at radius 3 is 2.67 bits per heavy atom. The van der Waals surface area contributed by atoms with Crippen molar-refractivity contribution in [1.29, 1.82) is 0 Å². The van der Waals surface area contributed by atoms with E-state index in [9.17, 15) is 0 Å². The van der Waals surface area contributed by atoms with E-state index in [2.05, 4.69) is 21.7 Å². The molecule has 2 N–H and O–H groups in total. The first-order valence-electron chi connectivity index (χ1n) is 8.44. The Morgan fingerprint density at radius 1 is 1.19 bits per heavy atom. The number of fused-ring (bicyclic) bond motifs is 1. The highest BCUT2D eigenvalue weighted by molar-refractivity contribution is 14.0. The molecule has 144 valence electrons. The molecule has 2 heterocycles. The number of para-hydroxylation sites is 1. The van der Waals surface area contributed by atoms with E-state index < -0.39 is 0 Å². The van der Waals surface area contributed by atoms with Crippen LogP contribution in [0.15, 0.2) is 47.6 Å². The summed E-state index contributed by atoms with van der Waals surface area (Å²) in [4.78, 5) is 9.09. The van der Waals surface area contributed by atoms with Gasteiger partial charge >= 0.3 is 0 Å². The lowest BCUT2D eigenvalue weighted by atomic mass is 10.1. The molecule has 0 aliphatic heterocycles. The maximum atomic E-state index is 6.12. The van der Waals surface area contributed by atoms with Crippen LogP contribution >= 0.6 is 47.2 Å². The molecule has 0 atom stereocenters. The maximum absolute atomic E-state index is 6.12. The van der Waals surface area contributed by atoms with Gasteiger partial charge in [0, 0.05) is 30.9 Å². The molecule has 27 heavy (non-hydrogen) atoms. The Labute approximate surface area is 186 Å². The number of aromatic nitrogens is 2. The number of hydrogen-bond acceptors (Lipinski definition) is 2. The number of rotatable bonds is 5. The molecular weight excluding hydrogens is 496 g/mol. The Morgan fingerprint density at radius 2 is 1.96 bits per heavy atom. The fraction of sp³-hybridized carbons (Fsp3) is 0.263. The van der Waals surface area contributed by atoms with E-state index >= 15 is 0 Å². The molecule has 5 nitrogen and oxygen atoms in total. The van der Waals surface area contributed by atoms with E-state index in [4.69, 9.17) is 28.2 Å². The average Bonchev–Trinajstić information content (AvgIpc) is 2.91. The summed E-state index contributed by atoms with van der Waals surface area (Å²) in [6, 6.07) is 12.0. The second-order valence-corrected chi connectivity index (χ2v) is 6.63. The second-order valence-electron chi connectivity index (χ2n) is 5.87. The molecule has 0 fully saturated rings. The van der Waals surface area contributed by atoms with Crippen LogP contribution in [0.2, 0.25) is 10.2 Å². The molecule has 3 aromatic rings. The second kappa shape index (κ2) is 10.1. The summed E-state index contributed by atoms with van der Waals surface area (Å²) < 4.78 is 1.86. The van der Waals surface area contributed by atoms with E-state index in [0.29, 0.717) is 23.3 Å². The van der Waals surface area contributed by atoms with Crippen molar-refractivity contribution in [3.05, 3.63) is 64.0 Å². The summed E-state index contributed by atoms with van der Waals surface area (Å²) in [5.74, 6) is 0.738. The smallest absolute Gasteiger partial charge is 0.191 e. The van der Waals surface area contributed by atoms with Crippen molar-refractivity contribution in [3.8, 4) is 0 Å². The predicted octanol–water partition coefficient (Wildman–Crippen LogP) is 4.75. The molecule has 0 radical (unpaired) electrons. The van der Waals surface area contributed by atoms with Crippen molar-refractivity contribution in [3.63, 3.8) is 0 Å². The quantitative estimate of drug-likeness (QED) is 0.291. The maximum Gasteiger partial charge on any atom is 0.191 e. The normalized spacial score (nSPS) is 11.3. The Hall–Kier alpha value is -1.51. The van der Waals surface area contributed by atoms with Crippen LogP contribution < -0.4 is 10.6 Å². The Balaban J connectivity index is 0.00000261. The van der Waals surface area contributed by atoms with Gasteiger partial charge in [-0.05, 0) is 30.7 Å². The zero-order chi connectivity index (χ0) is 18.5. The third-order valence-electron chi connectivity index (χ3n) is 4.14. The number of nitrogens with zero attached hydrogens (tertiary/aromatic N) is 3. The van der Waals surface area contributed by atoms with Gasteiger partial charge in [-0.1, -0.05) is 41.4 Å². The SMILES string of the molecule is CCNC(=NCc1ccnc2ccccc12)NCc1cc(Cl)c(Cl)n1C.I. The topological polar surface area (TPSA) is 54.2 Å². The molecule has 0 saturated carbocycles. The number of guanidine groups is 1. The summed E-state index contributed by atoms with van der Waals surface area (Å²) in [5, 5.41) is 8.79. The van der Waals surface area contributed by atoms with Crippen molar-refractivity contribution >= 4 is 64.0 Å². The molecule has 0 unspecified atom stereocenters. The number of aliphatic imine (C=N–C) groups is 1. The van der Waals surface area contributed by atoms with Crippen molar-refractivity contribution < 1.29 is 0 Å². The summed E-state index contributed by atoms with van der Waals surface area (Å²) in [6.45, 7) is 3.95. The first kappa shape index (κ1) is 21.8. The summed E-state index contributed by atoms with van der Waals surface area (Å²) in [7, 11) is 1.89. The van der Waals surface area contributed by atoms with Crippen LogP contribution in [-0.4, -0.2) is 22.1 Å². The molecule has 3 rings (SSSR count). The molecule has 1 aromatic carbocycles. The first-order valence-corrected chi connectivity index (χ1v) is 9.20. The van der Waals surface area contributed by atoms with Crippen molar-refractivity contribution in [1.82, 2.24) is 20.2 Å². The van der Waals surface area contributed by atoms with Gasteiger partial charge in [0.2, 0.25) is 0 Å². The third kappa shape index (κ3) is 5.27.